The van der Waals surface area contributed by atoms with Crippen molar-refractivity contribution in [1.82, 2.24) is 0 Å². The Morgan fingerprint density at radius 2 is 2.43 bits per heavy atom. The van der Waals surface area contributed by atoms with Crippen LogP contribution in [0.15, 0.2) is 11.6 Å². The summed E-state index contributed by atoms with van der Waals surface area (Å²) >= 11 is 0. The highest BCUT2D eigenvalue weighted by Crippen LogP contribution is 2.31. The molecule has 14 heavy (non-hydrogen) atoms. The highest BCUT2D eigenvalue weighted by Gasteiger charge is 2.24. The van der Waals surface area contributed by atoms with Crippen molar-refractivity contribution in [1.29, 1.82) is 0 Å². The fraction of sp³-hybridized carbons (Fsp3) is 0.692. The second-order valence-electron chi connectivity index (χ2n) is 4.50. The molecule has 0 saturated carbocycles. The number of rotatable bonds is 3. The fourth-order valence-electron chi connectivity index (χ4n) is 2.36. The lowest BCUT2D eigenvalue weighted by molar-refractivity contribution is 0.0864. The summed E-state index contributed by atoms with van der Waals surface area (Å²) in [5.41, 5.74) is 1.41. The highest BCUT2D eigenvalue weighted by molar-refractivity contribution is 5.07. The van der Waals surface area contributed by atoms with Gasteiger partial charge in [0.25, 0.3) is 0 Å². The number of terminal acetylenes is 1. The Labute approximate surface area is 87.2 Å². The molecule has 0 bridgehead atoms. The van der Waals surface area contributed by atoms with Gasteiger partial charge in [0.1, 0.15) is 0 Å². The van der Waals surface area contributed by atoms with E-state index in [-0.39, 0.29) is 6.10 Å². The van der Waals surface area contributed by atoms with Crippen LogP contribution in [0.5, 0.6) is 0 Å². The van der Waals surface area contributed by atoms with Crippen LogP contribution in [0, 0.1) is 24.2 Å². The van der Waals surface area contributed by atoms with E-state index in [1.54, 1.807) is 0 Å². The van der Waals surface area contributed by atoms with Gasteiger partial charge in [-0.25, -0.2) is 0 Å². The zero-order valence-electron chi connectivity index (χ0n) is 9.16. The molecular weight excluding hydrogens is 172 g/mol. The molecule has 0 heterocycles. The molecule has 0 spiro atoms. The lowest BCUT2D eigenvalue weighted by Gasteiger charge is -2.29. The first-order valence-electron chi connectivity index (χ1n) is 5.42. The van der Waals surface area contributed by atoms with E-state index in [1.807, 2.05) is 0 Å². The van der Waals surface area contributed by atoms with E-state index < -0.39 is 0 Å². The first-order chi connectivity index (χ1) is 6.63. The van der Waals surface area contributed by atoms with Crippen molar-refractivity contribution in [2.45, 2.75) is 45.6 Å². The van der Waals surface area contributed by atoms with Gasteiger partial charge < -0.3 is 5.11 Å². The van der Waals surface area contributed by atoms with Crippen LogP contribution in [-0.4, -0.2) is 11.2 Å². The molecule has 1 nitrogen and oxygen atoms in total. The molecule has 1 N–H and O–H groups in total. The molecule has 1 rings (SSSR count). The molecule has 0 aromatic carbocycles. The normalized spacial score (nSPS) is 29.1. The quantitative estimate of drug-likeness (QED) is 0.538. The van der Waals surface area contributed by atoms with Gasteiger partial charge in [0.15, 0.2) is 0 Å². The van der Waals surface area contributed by atoms with Gasteiger partial charge in [-0.05, 0) is 38.0 Å². The Bertz CT molecular complexity index is 246. The molecule has 3 atom stereocenters. The molecular formula is C13H20O. The molecule has 1 aliphatic rings. The maximum Gasteiger partial charge on any atom is 0.0580 e. The minimum Gasteiger partial charge on any atom is -0.393 e. The molecule has 0 radical (unpaired) electrons. The van der Waals surface area contributed by atoms with Crippen molar-refractivity contribution in [2.24, 2.45) is 11.8 Å². The summed E-state index contributed by atoms with van der Waals surface area (Å²) < 4.78 is 0. The second kappa shape index (κ2) is 5.22. The third kappa shape index (κ3) is 3.20. The number of aliphatic hydroxyl groups excluding tert-OH is 1. The summed E-state index contributed by atoms with van der Waals surface area (Å²) in [7, 11) is 0. The Morgan fingerprint density at radius 3 is 3.00 bits per heavy atom. The maximum atomic E-state index is 9.92. The van der Waals surface area contributed by atoms with Gasteiger partial charge in [0.05, 0.1) is 6.10 Å². The monoisotopic (exact) mass is 192 g/mol. The first-order valence-corrected chi connectivity index (χ1v) is 5.42. The van der Waals surface area contributed by atoms with Crippen LogP contribution >= 0.6 is 0 Å². The van der Waals surface area contributed by atoms with Gasteiger partial charge >= 0.3 is 0 Å². The molecule has 0 aromatic rings. The summed E-state index contributed by atoms with van der Waals surface area (Å²) in [6.45, 7) is 4.36. The Kier molecular flexibility index (Phi) is 4.22. The van der Waals surface area contributed by atoms with Crippen LogP contribution in [-0.2, 0) is 0 Å². The molecule has 78 valence electrons. The first kappa shape index (κ1) is 11.3. The topological polar surface area (TPSA) is 20.2 Å². The number of hydrogen-bond acceptors (Lipinski definition) is 1. The van der Waals surface area contributed by atoms with Crippen LogP contribution in [0.2, 0.25) is 0 Å². The zero-order valence-corrected chi connectivity index (χ0v) is 9.16. The Balaban J connectivity index is 2.46. The summed E-state index contributed by atoms with van der Waals surface area (Å²) in [6, 6.07) is 0. The van der Waals surface area contributed by atoms with E-state index in [4.69, 9.17) is 6.42 Å². The Morgan fingerprint density at radius 1 is 1.71 bits per heavy atom. The summed E-state index contributed by atoms with van der Waals surface area (Å²) in [5.74, 6) is 3.61. The van der Waals surface area contributed by atoms with Gasteiger partial charge in [-0.2, -0.15) is 0 Å². The van der Waals surface area contributed by atoms with Crippen molar-refractivity contribution in [3.8, 4) is 12.3 Å². The SMILES string of the molecule is C#CCCC(O)C1CC(C)=CC(C)C1. The number of allylic oxidation sites excluding steroid dienone is 2. The summed E-state index contributed by atoms with van der Waals surface area (Å²) in [5, 5.41) is 9.92. The minimum absolute atomic E-state index is 0.211. The van der Waals surface area contributed by atoms with Gasteiger partial charge in [-0.3, -0.25) is 0 Å². The predicted octanol–water partition coefficient (Wildman–Crippen LogP) is 2.75. The molecule has 0 saturated heterocycles. The minimum atomic E-state index is -0.211. The summed E-state index contributed by atoms with van der Waals surface area (Å²) in [4.78, 5) is 0. The van der Waals surface area contributed by atoms with E-state index in [2.05, 4.69) is 25.8 Å². The molecule has 0 aromatic heterocycles. The van der Waals surface area contributed by atoms with Crippen molar-refractivity contribution < 1.29 is 5.11 Å². The van der Waals surface area contributed by atoms with Crippen LogP contribution < -0.4 is 0 Å². The largest absolute Gasteiger partial charge is 0.393 e. The van der Waals surface area contributed by atoms with Crippen molar-refractivity contribution in [3.63, 3.8) is 0 Å². The van der Waals surface area contributed by atoms with E-state index in [9.17, 15) is 5.11 Å². The van der Waals surface area contributed by atoms with Crippen LogP contribution in [0.25, 0.3) is 0 Å². The van der Waals surface area contributed by atoms with E-state index in [0.29, 0.717) is 18.3 Å². The maximum absolute atomic E-state index is 9.92. The third-order valence-electron chi connectivity index (χ3n) is 2.96. The zero-order chi connectivity index (χ0) is 10.6. The fourth-order valence-corrected chi connectivity index (χ4v) is 2.36. The standard InChI is InChI=1S/C13H20O/c1-4-5-6-13(14)12-8-10(2)7-11(3)9-12/h1,7,10,12-14H,5-6,8-9H2,2-3H3. The van der Waals surface area contributed by atoms with Crippen LogP contribution in [0.3, 0.4) is 0 Å². The molecule has 3 unspecified atom stereocenters. The van der Waals surface area contributed by atoms with Crippen molar-refractivity contribution >= 4 is 0 Å². The molecule has 0 fully saturated rings. The second-order valence-corrected chi connectivity index (χ2v) is 4.50. The van der Waals surface area contributed by atoms with Crippen molar-refractivity contribution in [3.05, 3.63) is 11.6 Å². The predicted molar refractivity (Wildman–Crippen MR) is 59.7 cm³/mol. The molecule has 0 aliphatic heterocycles. The summed E-state index contributed by atoms with van der Waals surface area (Å²) in [6.07, 6.45) is 10.9. The third-order valence-corrected chi connectivity index (χ3v) is 2.96. The highest BCUT2D eigenvalue weighted by atomic mass is 16.3. The lowest BCUT2D eigenvalue weighted by Crippen LogP contribution is -2.25. The van der Waals surface area contributed by atoms with E-state index in [1.165, 1.54) is 5.57 Å². The number of aliphatic hydroxyl groups is 1. The van der Waals surface area contributed by atoms with Gasteiger partial charge in [-0.1, -0.05) is 18.6 Å². The molecule has 0 amide bonds. The van der Waals surface area contributed by atoms with Crippen LogP contribution in [0.1, 0.15) is 39.5 Å². The average Bonchev–Trinajstić information content (AvgIpc) is 2.12. The lowest BCUT2D eigenvalue weighted by atomic mass is 9.79. The van der Waals surface area contributed by atoms with E-state index >= 15 is 0 Å². The van der Waals surface area contributed by atoms with Crippen LogP contribution in [0.4, 0.5) is 0 Å². The van der Waals surface area contributed by atoms with Gasteiger partial charge in [-0.15, -0.1) is 12.3 Å². The Hall–Kier alpha value is -0.740. The molecule has 1 heteroatoms. The van der Waals surface area contributed by atoms with E-state index in [0.717, 1.165) is 19.3 Å². The molecule has 1 aliphatic carbocycles. The van der Waals surface area contributed by atoms with Gasteiger partial charge in [0, 0.05) is 6.42 Å². The van der Waals surface area contributed by atoms with Crippen molar-refractivity contribution in [2.75, 3.05) is 0 Å². The average molecular weight is 192 g/mol. The van der Waals surface area contributed by atoms with Gasteiger partial charge in [0.2, 0.25) is 0 Å². The number of hydrogen-bond donors (Lipinski definition) is 1. The smallest absolute Gasteiger partial charge is 0.0580 e.